The van der Waals surface area contributed by atoms with Gasteiger partial charge in [-0.25, -0.2) is 4.39 Å². The zero-order valence-corrected chi connectivity index (χ0v) is 16.9. The van der Waals surface area contributed by atoms with Gasteiger partial charge in [-0.05, 0) is 41.3 Å². The smallest absolute Gasteiger partial charge is 0.123 e. The summed E-state index contributed by atoms with van der Waals surface area (Å²) in [4.78, 5) is 4.54. The molecule has 2 aromatic rings. The molecule has 0 bridgehead atoms. The molecule has 0 saturated carbocycles. The predicted molar refractivity (Wildman–Crippen MR) is 110 cm³/mol. The molecule has 1 saturated heterocycles. The molecule has 1 fully saturated rings. The third-order valence-electron chi connectivity index (χ3n) is 5.34. The van der Waals surface area contributed by atoms with Crippen molar-refractivity contribution in [2.24, 2.45) is 0 Å². The third-order valence-corrected chi connectivity index (χ3v) is 5.34. The van der Waals surface area contributed by atoms with Crippen LogP contribution in [0.25, 0.3) is 0 Å². The molecule has 1 aliphatic heterocycles. The molecule has 1 atom stereocenters. The Labute approximate surface area is 167 Å². The van der Waals surface area contributed by atoms with Crippen LogP contribution >= 0.6 is 0 Å². The first kappa shape index (κ1) is 20.8. The second-order valence-electron chi connectivity index (χ2n) is 7.78. The molecule has 4 nitrogen and oxygen atoms in total. The minimum absolute atomic E-state index is 0.277. The lowest BCUT2D eigenvalue weighted by Crippen LogP contribution is -2.50. The van der Waals surface area contributed by atoms with Gasteiger partial charge in [-0.15, -0.1) is 0 Å². The fourth-order valence-corrected chi connectivity index (χ4v) is 3.48. The minimum atomic E-state index is -0.507. The van der Waals surface area contributed by atoms with E-state index in [0.29, 0.717) is 24.7 Å². The maximum Gasteiger partial charge on any atom is 0.123 e. The van der Waals surface area contributed by atoms with Crippen molar-refractivity contribution < 1.29 is 14.2 Å². The zero-order chi connectivity index (χ0) is 19.9. The largest absolute Gasteiger partial charge is 0.493 e. The standard InChI is InChI=1S/C23H31FN2O2/c1-18(2)20-5-3-19(4-6-20)17-25-12-14-26(15-13-25)23(27)11-16-28-22-9-7-21(24)8-10-22/h3-10,18,23,27H,11-17H2,1-2H3/t23-/m1/s1. The maximum absolute atomic E-state index is 12.9. The van der Waals surface area contributed by atoms with Crippen LogP contribution in [0, 0.1) is 5.82 Å². The summed E-state index contributed by atoms with van der Waals surface area (Å²) < 4.78 is 18.5. The van der Waals surface area contributed by atoms with E-state index in [1.165, 1.54) is 23.3 Å². The van der Waals surface area contributed by atoms with Crippen LogP contribution < -0.4 is 4.74 Å². The van der Waals surface area contributed by atoms with Gasteiger partial charge in [0, 0.05) is 39.1 Å². The van der Waals surface area contributed by atoms with E-state index >= 15 is 0 Å². The molecule has 1 aliphatic rings. The van der Waals surface area contributed by atoms with Gasteiger partial charge in [0.25, 0.3) is 0 Å². The van der Waals surface area contributed by atoms with Crippen molar-refractivity contribution >= 4 is 0 Å². The van der Waals surface area contributed by atoms with E-state index in [4.69, 9.17) is 4.74 Å². The average molecular weight is 387 g/mol. The van der Waals surface area contributed by atoms with Crippen LogP contribution in [0.4, 0.5) is 4.39 Å². The number of hydrogen-bond acceptors (Lipinski definition) is 4. The molecule has 3 rings (SSSR count). The number of aliphatic hydroxyl groups is 1. The summed E-state index contributed by atoms with van der Waals surface area (Å²) in [6.45, 7) is 9.38. The number of hydrogen-bond donors (Lipinski definition) is 1. The number of rotatable bonds is 8. The monoisotopic (exact) mass is 386 g/mol. The SMILES string of the molecule is CC(C)c1ccc(CN2CCN([C@H](O)CCOc3ccc(F)cc3)CC2)cc1. The summed E-state index contributed by atoms with van der Waals surface area (Å²) >= 11 is 0. The number of ether oxygens (including phenoxy) is 1. The predicted octanol–water partition coefficient (Wildman–Crippen LogP) is 3.85. The number of aliphatic hydroxyl groups excluding tert-OH is 1. The van der Waals surface area contributed by atoms with Gasteiger partial charge in [0.2, 0.25) is 0 Å². The van der Waals surface area contributed by atoms with Gasteiger partial charge in [-0.1, -0.05) is 38.1 Å². The highest BCUT2D eigenvalue weighted by Crippen LogP contribution is 2.17. The number of benzene rings is 2. The fourth-order valence-electron chi connectivity index (χ4n) is 3.48. The first-order valence-corrected chi connectivity index (χ1v) is 10.1. The molecule has 152 valence electrons. The normalized spacial score (nSPS) is 17.0. The number of halogens is 1. The van der Waals surface area contributed by atoms with E-state index in [0.717, 1.165) is 32.7 Å². The van der Waals surface area contributed by atoms with Crippen LogP contribution in [0.15, 0.2) is 48.5 Å². The van der Waals surface area contributed by atoms with E-state index in [9.17, 15) is 9.50 Å². The average Bonchev–Trinajstić information content (AvgIpc) is 2.70. The Morgan fingerprint density at radius 1 is 0.964 bits per heavy atom. The van der Waals surface area contributed by atoms with E-state index < -0.39 is 6.23 Å². The highest BCUT2D eigenvalue weighted by Gasteiger charge is 2.22. The Hall–Kier alpha value is -1.95. The zero-order valence-electron chi connectivity index (χ0n) is 16.9. The highest BCUT2D eigenvalue weighted by atomic mass is 19.1. The summed E-state index contributed by atoms with van der Waals surface area (Å²) in [5.41, 5.74) is 2.71. The summed E-state index contributed by atoms with van der Waals surface area (Å²) in [5, 5.41) is 10.4. The van der Waals surface area contributed by atoms with Crippen molar-refractivity contribution in [1.29, 1.82) is 0 Å². The summed E-state index contributed by atoms with van der Waals surface area (Å²) in [7, 11) is 0. The van der Waals surface area contributed by atoms with Crippen molar-refractivity contribution in [3.8, 4) is 5.75 Å². The van der Waals surface area contributed by atoms with Crippen molar-refractivity contribution in [3.05, 3.63) is 65.5 Å². The van der Waals surface area contributed by atoms with Crippen molar-refractivity contribution in [1.82, 2.24) is 9.80 Å². The molecular weight excluding hydrogens is 355 g/mol. The van der Waals surface area contributed by atoms with Crippen molar-refractivity contribution in [2.45, 2.75) is 39.0 Å². The van der Waals surface area contributed by atoms with Crippen molar-refractivity contribution in [3.63, 3.8) is 0 Å². The fraction of sp³-hybridized carbons (Fsp3) is 0.478. The molecule has 0 radical (unpaired) electrons. The van der Waals surface area contributed by atoms with E-state index in [1.54, 1.807) is 12.1 Å². The minimum Gasteiger partial charge on any atom is -0.493 e. The first-order valence-electron chi connectivity index (χ1n) is 10.1. The lowest BCUT2D eigenvalue weighted by Gasteiger charge is -2.37. The Bertz CT molecular complexity index is 710. The molecule has 0 unspecified atom stereocenters. The Morgan fingerprint density at radius 2 is 1.61 bits per heavy atom. The van der Waals surface area contributed by atoms with Crippen LogP contribution in [-0.2, 0) is 6.54 Å². The van der Waals surface area contributed by atoms with Gasteiger partial charge in [0.15, 0.2) is 0 Å². The van der Waals surface area contributed by atoms with Gasteiger partial charge in [0.1, 0.15) is 17.8 Å². The second kappa shape index (κ2) is 10.0. The third kappa shape index (κ3) is 6.03. The summed E-state index contributed by atoms with van der Waals surface area (Å²) in [6.07, 6.45) is 0.0292. The summed E-state index contributed by atoms with van der Waals surface area (Å²) in [6, 6.07) is 14.9. The lowest BCUT2D eigenvalue weighted by atomic mass is 10.0. The Morgan fingerprint density at radius 3 is 2.21 bits per heavy atom. The summed E-state index contributed by atoms with van der Waals surface area (Å²) in [5.74, 6) is 0.911. The molecule has 0 spiro atoms. The molecule has 2 aromatic carbocycles. The van der Waals surface area contributed by atoms with Crippen LogP contribution in [-0.4, -0.2) is 53.9 Å². The highest BCUT2D eigenvalue weighted by molar-refractivity contribution is 5.24. The van der Waals surface area contributed by atoms with E-state index in [2.05, 4.69) is 47.9 Å². The Balaban J connectivity index is 1.37. The van der Waals surface area contributed by atoms with Crippen molar-refractivity contribution in [2.75, 3.05) is 32.8 Å². The van der Waals surface area contributed by atoms with Gasteiger partial charge in [-0.3, -0.25) is 9.80 Å². The van der Waals surface area contributed by atoms with Gasteiger partial charge in [-0.2, -0.15) is 0 Å². The van der Waals surface area contributed by atoms with Crippen LogP contribution in [0.3, 0.4) is 0 Å². The molecule has 1 heterocycles. The quantitative estimate of drug-likeness (QED) is 0.748. The van der Waals surface area contributed by atoms with Gasteiger partial charge < -0.3 is 9.84 Å². The topological polar surface area (TPSA) is 35.9 Å². The molecule has 0 amide bonds. The van der Waals surface area contributed by atoms with Gasteiger partial charge >= 0.3 is 0 Å². The lowest BCUT2D eigenvalue weighted by molar-refractivity contribution is -0.0368. The molecule has 1 N–H and O–H groups in total. The van der Waals surface area contributed by atoms with Crippen LogP contribution in [0.1, 0.15) is 37.3 Å². The number of nitrogens with zero attached hydrogens (tertiary/aromatic N) is 2. The number of piperazine rings is 1. The molecular formula is C23H31FN2O2. The molecule has 5 heteroatoms. The second-order valence-corrected chi connectivity index (χ2v) is 7.78. The van der Waals surface area contributed by atoms with E-state index in [1.807, 2.05) is 0 Å². The molecule has 0 aliphatic carbocycles. The van der Waals surface area contributed by atoms with E-state index in [-0.39, 0.29) is 5.82 Å². The first-order chi connectivity index (χ1) is 13.5. The molecule has 28 heavy (non-hydrogen) atoms. The van der Waals surface area contributed by atoms with Crippen LogP contribution in [0.2, 0.25) is 0 Å². The maximum atomic E-state index is 12.9. The Kier molecular flexibility index (Phi) is 7.43. The van der Waals surface area contributed by atoms with Gasteiger partial charge in [0.05, 0.1) is 6.61 Å². The van der Waals surface area contributed by atoms with Crippen LogP contribution in [0.5, 0.6) is 5.75 Å². The molecule has 0 aromatic heterocycles.